The summed E-state index contributed by atoms with van der Waals surface area (Å²) in [6.45, 7) is 2.40. The van der Waals surface area contributed by atoms with Crippen LogP contribution in [0.5, 0.6) is 0 Å². The van der Waals surface area contributed by atoms with Crippen molar-refractivity contribution in [3.05, 3.63) is 35.6 Å². The molecule has 0 spiro atoms. The van der Waals surface area contributed by atoms with Gasteiger partial charge in [0.05, 0.1) is 7.05 Å². The van der Waals surface area contributed by atoms with Gasteiger partial charge in [-0.05, 0) is 25.8 Å². The summed E-state index contributed by atoms with van der Waals surface area (Å²) in [7, 11) is 1.92. The number of carbonyl (C=O) groups excluding carboxylic acids is 1. The average Bonchev–Trinajstić information content (AvgIpc) is 3.15. The van der Waals surface area contributed by atoms with E-state index < -0.39 is 0 Å². The largest absolute Gasteiger partial charge is 0.348 e. The molecule has 18 heavy (non-hydrogen) atoms. The Bertz CT molecular complexity index is 432. The number of likely N-dealkylation sites (N-methyl/N-ethyl adjacent to an activating group) is 1. The number of halogens is 1. The van der Waals surface area contributed by atoms with Crippen molar-refractivity contribution in [2.45, 2.75) is 38.4 Å². The second-order valence-corrected chi connectivity index (χ2v) is 5.12. The third-order valence-electron chi connectivity index (χ3n) is 3.48. The summed E-state index contributed by atoms with van der Waals surface area (Å²) in [5.74, 6) is -0.141. The Morgan fingerprint density at radius 1 is 1.50 bits per heavy atom. The van der Waals surface area contributed by atoms with E-state index in [-0.39, 0.29) is 17.8 Å². The van der Waals surface area contributed by atoms with E-state index >= 15 is 0 Å². The first-order chi connectivity index (χ1) is 8.58. The van der Waals surface area contributed by atoms with Crippen molar-refractivity contribution in [2.75, 3.05) is 7.05 Å². The summed E-state index contributed by atoms with van der Waals surface area (Å²) in [6.07, 6.45) is 2.18. The monoisotopic (exact) mass is 251 g/mol. The summed E-state index contributed by atoms with van der Waals surface area (Å²) in [4.78, 5) is 12.9. The van der Waals surface area contributed by atoms with Gasteiger partial charge in [0.15, 0.2) is 6.04 Å². The SMILES string of the molecule is C[C@H](C(=O)NC1CC1)[NH+](C)Cc1ccccc1F. The molecule has 0 aromatic heterocycles. The van der Waals surface area contributed by atoms with Crippen LogP contribution in [0.4, 0.5) is 4.39 Å². The molecule has 1 unspecified atom stereocenters. The first-order valence-electron chi connectivity index (χ1n) is 6.44. The third kappa shape index (κ3) is 3.29. The van der Waals surface area contributed by atoms with Gasteiger partial charge in [-0.3, -0.25) is 4.79 Å². The van der Waals surface area contributed by atoms with E-state index in [0.717, 1.165) is 17.7 Å². The molecule has 1 aromatic rings. The fraction of sp³-hybridized carbons (Fsp3) is 0.500. The van der Waals surface area contributed by atoms with Crippen LogP contribution in [0.2, 0.25) is 0 Å². The zero-order valence-electron chi connectivity index (χ0n) is 10.9. The number of quaternary nitrogens is 1. The van der Waals surface area contributed by atoms with Crippen molar-refractivity contribution < 1.29 is 14.1 Å². The molecule has 0 aliphatic heterocycles. The van der Waals surface area contributed by atoms with Crippen LogP contribution in [0.25, 0.3) is 0 Å². The lowest BCUT2D eigenvalue weighted by molar-refractivity contribution is -0.908. The molecule has 98 valence electrons. The average molecular weight is 251 g/mol. The Morgan fingerprint density at radius 2 is 2.17 bits per heavy atom. The molecule has 1 saturated carbocycles. The number of carbonyl (C=O) groups is 1. The molecular formula is C14H20FN2O+. The number of hydrogen-bond donors (Lipinski definition) is 2. The summed E-state index contributed by atoms with van der Waals surface area (Å²) in [5.41, 5.74) is 0.654. The summed E-state index contributed by atoms with van der Waals surface area (Å²) < 4.78 is 13.5. The number of nitrogens with one attached hydrogen (secondary N) is 2. The highest BCUT2D eigenvalue weighted by Crippen LogP contribution is 2.18. The number of hydrogen-bond acceptors (Lipinski definition) is 1. The molecule has 3 nitrogen and oxygen atoms in total. The van der Waals surface area contributed by atoms with Crippen LogP contribution in [0, 0.1) is 5.82 Å². The van der Waals surface area contributed by atoms with Crippen LogP contribution in [0.15, 0.2) is 24.3 Å². The van der Waals surface area contributed by atoms with Crippen molar-refractivity contribution in [2.24, 2.45) is 0 Å². The highest BCUT2D eigenvalue weighted by atomic mass is 19.1. The first-order valence-corrected chi connectivity index (χ1v) is 6.44. The maximum absolute atomic E-state index is 13.5. The van der Waals surface area contributed by atoms with Gasteiger partial charge in [-0.2, -0.15) is 0 Å². The molecule has 1 amide bonds. The first kappa shape index (κ1) is 13.0. The van der Waals surface area contributed by atoms with Crippen molar-refractivity contribution in [1.29, 1.82) is 0 Å². The Hall–Kier alpha value is -1.42. The van der Waals surface area contributed by atoms with E-state index in [2.05, 4.69) is 5.32 Å². The lowest BCUT2D eigenvalue weighted by Gasteiger charge is -2.21. The van der Waals surface area contributed by atoms with Gasteiger partial charge in [-0.1, -0.05) is 18.2 Å². The lowest BCUT2D eigenvalue weighted by Crippen LogP contribution is -3.12. The predicted octanol–water partition coefficient (Wildman–Crippen LogP) is 0.508. The Kier molecular flexibility index (Phi) is 3.97. The van der Waals surface area contributed by atoms with E-state index in [1.165, 1.54) is 6.07 Å². The van der Waals surface area contributed by atoms with Gasteiger partial charge in [0.25, 0.3) is 5.91 Å². The Labute approximate surface area is 107 Å². The molecule has 2 atom stereocenters. The van der Waals surface area contributed by atoms with E-state index in [1.54, 1.807) is 12.1 Å². The molecule has 0 heterocycles. The van der Waals surface area contributed by atoms with Crippen LogP contribution >= 0.6 is 0 Å². The van der Waals surface area contributed by atoms with E-state index in [4.69, 9.17) is 0 Å². The number of rotatable bonds is 5. The van der Waals surface area contributed by atoms with Crippen molar-refractivity contribution in [3.8, 4) is 0 Å². The summed E-state index contributed by atoms with van der Waals surface area (Å²) >= 11 is 0. The van der Waals surface area contributed by atoms with E-state index in [9.17, 15) is 9.18 Å². The second-order valence-electron chi connectivity index (χ2n) is 5.12. The van der Waals surface area contributed by atoms with Gasteiger partial charge in [-0.15, -0.1) is 0 Å². The molecule has 4 heteroatoms. The molecule has 0 radical (unpaired) electrons. The topological polar surface area (TPSA) is 33.5 Å². The maximum Gasteiger partial charge on any atom is 0.278 e. The quantitative estimate of drug-likeness (QED) is 0.785. The van der Waals surface area contributed by atoms with Gasteiger partial charge >= 0.3 is 0 Å². The predicted molar refractivity (Wildman–Crippen MR) is 67.6 cm³/mol. The second kappa shape index (κ2) is 5.48. The zero-order valence-corrected chi connectivity index (χ0v) is 10.9. The number of amides is 1. The molecule has 1 aromatic carbocycles. The Balaban J connectivity index is 1.92. The van der Waals surface area contributed by atoms with Gasteiger partial charge in [0.2, 0.25) is 0 Å². The normalized spacial score (nSPS) is 18.2. The van der Waals surface area contributed by atoms with Crippen LogP contribution in [0.1, 0.15) is 25.3 Å². The molecule has 1 aliphatic carbocycles. The summed E-state index contributed by atoms with van der Waals surface area (Å²) in [6, 6.07) is 6.94. The van der Waals surface area contributed by atoms with Crippen LogP contribution < -0.4 is 10.2 Å². The molecular weight excluding hydrogens is 231 g/mol. The van der Waals surface area contributed by atoms with Gasteiger partial charge in [-0.25, -0.2) is 4.39 Å². The molecule has 1 fully saturated rings. The smallest absolute Gasteiger partial charge is 0.278 e. The van der Waals surface area contributed by atoms with E-state index in [0.29, 0.717) is 18.2 Å². The van der Waals surface area contributed by atoms with Gasteiger partial charge < -0.3 is 10.2 Å². The van der Waals surface area contributed by atoms with E-state index in [1.807, 2.05) is 20.0 Å². The third-order valence-corrected chi connectivity index (χ3v) is 3.48. The zero-order chi connectivity index (χ0) is 13.1. The Morgan fingerprint density at radius 3 is 2.78 bits per heavy atom. The molecule has 1 aliphatic rings. The van der Waals surface area contributed by atoms with Crippen molar-refractivity contribution >= 4 is 5.91 Å². The molecule has 0 bridgehead atoms. The van der Waals surface area contributed by atoms with Gasteiger partial charge in [0.1, 0.15) is 12.4 Å². The minimum absolute atomic E-state index is 0.0614. The van der Waals surface area contributed by atoms with Crippen molar-refractivity contribution in [3.63, 3.8) is 0 Å². The highest BCUT2D eigenvalue weighted by Gasteiger charge is 2.29. The standard InChI is InChI=1S/C14H19FN2O/c1-10(14(18)16-12-7-8-12)17(2)9-11-5-3-4-6-13(11)15/h3-6,10,12H,7-9H2,1-2H3,(H,16,18)/p+1/t10-/m1/s1. The molecule has 2 N–H and O–H groups in total. The molecule has 2 rings (SSSR count). The lowest BCUT2D eigenvalue weighted by atomic mass is 10.1. The molecule has 0 saturated heterocycles. The minimum atomic E-state index is -0.202. The van der Waals surface area contributed by atoms with Gasteiger partial charge in [0, 0.05) is 11.6 Å². The van der Waals surface area contributed by atoms with Crippen LogP contribution in [0.3, 0.4) is 0 Å². The van der Waals surface area contributed by atoms with Crippen LogP contribution in [-0.4, -0.2) is 25.0 Å². The minimum Gasteiger partial charge on any atom is -0.348 e. The fourth-order valence-corrected chi connectivity index (χ4v) is 1.87. The van der Waals surface area contributed by atoms with Crippen molar-refractivity contribution in [1.82, 2.24) is 5.32 Å². The fourth-order valence-electron chi connectivity index (χ4n) is 1.87. The maximum atomic E-state index is 13.5. The van der Waals surface area contributed by atoms with Crippen LogP contribution in [-0.2, 0) is 11.3 Å². The summed E-state index contributed by atoms with van der Waals surface area (Å²) in [5, 5.41) is 2.98. The number of benzene rings is 1. The highest BCUT2D eigenvalue weighted by molar-refractivity contribution is 5.80.